The van der Waals surface area contributed by atoms with E-state index < -0.39 is 5.82 Å². The molecule has 0 aliphatic heterocycles. The van der Waals surface area contributed by atoms with Gasteiger partial charge < -0.3 is 5.11 Å². The maximum Gasteiger partial charge on any atom is 0.137 e. The van der Waals surface area contributed by atoms with Gasteiger partial charge in [0.15, 0.2) is 0 Å². The molecule has 90 valence electrons. The van der Waals surface area contributed by atoms with Crippen molar-refractivity contribution in [2.24, 2.45) is 0 Å². The number of nitrogens with zero attached hydrogens (tertiary/aromatic N) is 1. The molecule has 0 radical (unpaired) electrons. The molecule has 0 spiro atoms. The quantitative estimate of drug-likeness (QED) is 0.713. The van der Waals surface area contributed by atoms with E-state index in [1.807, 2.05) is 25.1 Å². The number of phenols is 1. The molecule has 3 aromatic rings. The Morgan fingerprint density at radius 3 is 2.78 bits per heavy atom. The van der Waals surface area contributed by atoms with Crippen LogP contribution in [0.1, 0.15) is 5.56 Å². The largest absolute Gasteiger partial charge is 0.508 e. The van der Waals surface area contributed by atoms with Crippen LogP contribution in [0.2, 0.25) is 0 Å². The molecule has 0 atom stereocenters. The Labute approximate surface area is 107 Å². The number of aryl methyl sites for hydroxylation is 1. The van der Waals surface area contributed by atoms with Crippen molar-refractivity contribution in [3.05, 3.63) is 47.8 Å². The molecule has 0 aliphatic rings. The molecule has 1 heterocycles. The highest BCUT2D eigenvalue weighted by Crippen LogP contribution is 2.33. The first-order chi connectivity index (χ1) is 8.65. The van der Waals surface area contributed by atoms with Gasteiger partial charge in [-0.2, -0.15) is 0 Å². The molecule has 0 saturated heterocycles. The van der Waals surface area contributed by atoms with E-state index in [9.17, 15) is 9.50 Å². The SMILES string of the molecule is Cc1cccc2sc(-c3ccc(O)cc3F)nc12. The van der Waals surface area contributed by atoms with E-state index in [1.165, 1.54) is 17.4 Å². The highest BCUT2D eigenvalue weighted by molar-refractivity contribution is 7.21. The molecule has 2 aromatic carbocycles. The summed E-state index contributed by atoms with van der Waals surface area (Å²) in [4.78, 5) is 4.47. The van der Waals surface area contributed by atoms with Crippen molar-refractivity contribution in [3.63, 3.8) is 0 Å². The molecule has 4 heteroatoms. The van der Waals surface area contributed by atoms with Crippen LogP contribution in [0.25, 0.3) is 20.8 Å². The lowest BCUT2D eigenvalue weighted by molar-refractivity contribution is 0.469. The zero-order valence-electron chi connectivity index (χ0n) is 9.64. The maximum atomic E-state index is 13.8. The van der Waals surface area contributed by atoms with Crippen LogP contribution in [-0.2, 0) is 0 Å². The third kappa shape index (κ3) is 1.75. The van der Waals surface area contributed by atoms with Gasteiger partial charge in [-0.15, -0.1) is 11.3 Å². The second-order valence-electron chi connectivity index (χ2n) is 4.10. The number of rotatable bonds is 1. The van der Waals surface area contributed by atoms with Gasteiger partial charge in [0.25, 0.3) is 0 Å². The highest BCUT2D eigenvalue weighted by Gasteiger charge is 2.12. The van der Waals surface area contributed by atoms with E-state index in [2.05, 4.69) is 4.98 Å². The summed E-state index contributed by atoms with van der Waals surface area (Å²) in [5, 5.41) is 9.85. The lowest BCUT2D eigenvalue weighted by atomic mass is 10.2. The maximum absolute atomic E-state index is 13.8. The number of hydrogen-bond donors (Lipinski definition) is 1. The topological polar surface area (TPSA) is 33.1 Å². The van der Waals surface area contributed by atoms with Crippen molar-refractivity contribution < 1.29 is 9.50 Å². The summed E-state index contributed by atoms with van der Waals surface area (Å²) < 4.78 is 14.8. The predicted molar refractivity (Wildman–Crippen MR) is 71.4 cm³/mol. The van der Waals surface area contributed by atoms with Crippen LogP contribution in [0.4, 0.5) is 4.39 Å². The first-order valence-electron chi connectivity index (χ1n) is 5.50. The van der Waals surface area contributed by atoms with Gasteiger partial charge >= 0.3 is 0 Å². The molecular weight excluding hydrogens is 249 g/mol. The van der Waals surface area contributed by atoms with Gasteiger partial charge in [-0.3, -0.25) is 0 Å². The minimum atomic E-state index is -0.452. The lowest BCUT2D eigenvalue weighted by Gasteiger charge is -1.98. The Morgan fingerprint density at radius 1 is 1.22 bits per heavy atom. The molecular formula is C14H10FNOS. The zero-order valence-corrected chi connectivity index (χ0v) is 10.5. The van der Waals surface area contributed by atoms with E-state index in [4.69, 9.17) is 0 Å². The van der Waals surface area contributed by atoms with Gasteiger partial charge in [0, 0.05) is 11.6 Å². The predicted octanol–water partition coefficient (Wildman–Crippen LogP) is 4.12. The number of benzene rings is 2. The van der Waals surface area contributed by atoms with Crippen molar-refractivity contribution >= 4 is 21.6 Å². The molecule has 3 rings (SSSR count). The zero-order chi connectivity index (χ0) is 12.7. The summed E-state index contributed by atoms with van der Waals surface area (Å²) in [6.07, 6.45) is 0. The Morgan fingerprint density at radius 2 is 2.06 bits per heavy atom. The molecule has 0 saturated carbocycles. The van der Waals surface area contributed by atoms with Crippen molar-refractivity contribution in [1.82, 2.24) is 4.98 Å². The molecule has 1 aromatic heterocycles. The van der Waals surface area contributed by atoms with Gasteiger partial charge in [0.2, 0.25) is 0 Å². The van der Waals surface area contributed by atoms with Gasteiger partial charge in [0.1, 0.15) is 16.6 Å². The number of phenolic OH excluding ortho intramolecular Hbond substituents is 1. The first kappa shape index (κ1) is 11.2. The fraction of sp³-hybridized carbons (Fsp3) is 0.0714. The fourth-order valence-corrected chi connectivity index (χ4v) is 2.95. The monoisotopic (exact) mass is 259 g/mol. The second kappa shape index (κ2) is 4.07. The van der Waals surface area contributed by atoms with E-state index in [0.29, 0.717) is 10.6 Å². The van der Waals surface area contributed by atoms with Crippen LogP contribution in [0.15, 0.2) is 36.4 Å². The number of aromatic hydroxyl groups is 1. The van der Waals surface area contributed by atoms with Crippen molar-refractivity contribution in [2.45, 2.75) is 6.92 Å². The summed E-state index contributed by atoms with van der Waals surface area (Å²) in [5.74, 6) is -0.528. The molecule has 0 fully saturated rings. The van der Waals surface area contributed by atoms with Gasteiger partial charge in [-0.1, -0.05) is 12.1 Å². The molecule has 0 amide bonds. The second-order valence-corrected chi connectivity index (χ2v) is 5.14. The van der Waals surface area contributed by atoms with Gasteiger partial charge in [-0.25, -0.2) is 9.37 Å². The summed E-state index contributed by atoms with van der Waals surface area (Å²) in [6.45, 7) is 1.99. The van der Waals surface area contributed by atoms with Crippen LogP contribution in [0.5, 0.6) is 5.75 Å². The summed E-state index contributed by atoms with van der Waals surface area (Å²) in [7, 11) is 0. The third-order valence-electron chi connectivity index (χ3n) is 2.80. The molecule has 0 bridgehead atoms. The van der Waals surface area contributed by atoms with Crippen molar-refractivity contribution in [3.8, 4) is 16.3 Å². The first-order valence-corrected chi connectivity index (χ1v) is 6.32. The normalized spacial score (nSPS) is 11.0. The molecule has 2 nitrogen and oxygen atoms in total. The molecule has 0 unspecified atom stereocenters. The van der Waals surface area contributed by atoms with Crippen LogP contribution < -0.4 is 0 Å². The number of hydrogen-bond acceptors (Lipinski definition) is 3. The number of para-hydroxylation sites is 1. The van der Waals surface area contributed by atoms with Gasteiger partial charge in [0.05, 0.1) is 10.2 Å². The average Bonchev–Trinajstić information content (AvgIpc) is 2.74. The molecule has 0 aliphatic carbocycles. The fourth-order valence-electron chi connectivity index (χ4n) is 1.88. The standard InChI is InChI=1S/C14H10FNOS/c1-8-3-2-4-12-13(8)16-14(18-12)10-6-5-9(17)7-11(10)15/h2-7,17H,1H3. The lowest BCUT2D eigenvalue weighted by Crippen LogP contribution is -1.83. The molecule has 1 N–H and O–H groups in total. The Kier molecular flexibility index (Phi) is 2.52. The van der Waals surface area contributed by atoms with Crippen LogP contribution in [0, 0.1) is 12.7 Å². The Hall–Kier alpha value is -1.94. The number of thiazole rings is 1. The van der Waals surface area contributed by atoms with Crippen molar-refractivity contribution in [1.29, 1.82) is 0 Å². The smallest absolute Gasteiger partial charge is 0.137 e. The molecule has 18 heavy (non-hydrogen) atoms. The van der Waals surface area contributed by atoms with Crippen LogP contribution in [-0.4, -0.2) is 10.1 Å². The number of aromatic nitrogens is 1. The average molecular weight is 259 g/mol. The van der Waals surface area contributed by atoms with Crippen molar-refractivity contribution in [2.75, 3.05) is 0 Å². The third-order valence-corrected chi connectivity index (χ3v) is 3.86. The summed E-state index contributed by atoms with van der Waals surface area (Å²) in [6, 6.07) is 10.1. The summed E-state index contributed by atoms with van der Waals surface area (Å²) in [5.41, 5.74) is 2.41. The minimum absolute atomic E-state index is 0.0754. The van der Waals surface area contributed by atoms with Crippen LogP contribution in [0.3, 0.4) is 0 Å². The van der Waals surface area contributed by atoms with Crippen LogP contribution >= 0.6 is 11.3 Å². The van der Waals surface area contributed by atoms with E-state index in [-0.39, 0.29) is 5.75 Å². The summed E-state index contributed by atoms with van der Waals surface area (Å²) >= 11 is 1.45. The number of halogens is 1. The highest BCUT2D eigenvalue weighted by atomic mass is 32.1. The van der Waals surface area contributed by atoms with Gasteiger partial charge in [-0.05, 0) is 30.7 Å². The Bertz CT molecular complexity index is 736. The van der Waals surface area contributed by atoms with E-state index in [1.54, 1.807) is 6.07 Å². The number of fused-ring (bicyclic) bond motifs is 1. The van der Waals surface area contributed by atoms with E-state index >= 15 is 0 Å². The minimum Gasteiger partial charge on any atom is -0.508 e. The van der Waals surface area contributed by atoms with E-state index in [0.717, 1.165) is 21.8 Å². The Balaban J connectivity index is 2.23.